The molecule has 9 heteroatoms. The fourth-order valence-corrected chi connectivity index (χ4v) is 4.91. The Hall–Kier alpha value is -4.13. The van der Waals surface area contributed by atoms with Crippen molar-refractivity contribution in [1.29, 1.82) is 5.26 Å². The summed E-state index contributed by atoms with van der Waals surface area (Å²) in [5.41, 5.74) is 8.79. The second kappa shape index (κ2) is 9.85. The van der Waals surface area contributed by atoms with Crippen molar-refractivity contribution in [3.8, 4) is 17.5 Å². The number of nitrogens with two attached hydrogens (primary N) is 1. The van der Waals surface area contributed by atoms with Gasteiger partial charge < -0.3 is 25.4 Å². The number of fused-ring (bicyclic) bond motifs is 1. The standard InChI is InChI=1S/C27H28N6O3/c1-36-21-11-5-7-18(13-21)23(34)16-32-17-30-24-22(14-28)26(31-12-6-8-19(29)15-31)33(25(24)27(32)35)20-9-3-2-4-10-20/h2-5,7,9-11,13,17,19,27,35H,6,8,12,15-16,29H2,1H3/t19-,27?/m1/s1. The molecule has 0 aliphatic carbocycles. The first-order valence-corrected chi connectivity index (χ1v) is 11.9. The Balaban J connectivity index is 1.57. The lowest BCUT2D eigenvalue weighted by atomic mass is 10.1. The summed E-state index contributed by atoms with van der Waals surface area (Å²) in [4.78, 5) is 21.2. The number of anilines is 1. The number of aliphatic imine (C=N–C) groups is 1. The number of ketones is 1. The van der Waals surface area contributed by atoms with Gasteiger partial charge in [-0.05, 0) is 37.1 Å². The lowest BCUT2D eigenvalue weighted by Gasteiger charge is -2.34. The Morgan fingerprint density at radius 2 is 2.06 bits per heavy atom. The van der Waals surface area contributed by atoms with E-state index >= 15 is 0 Å². The SMILES string of the molecule is COc1cccc(C(=O)CN2C=Nc3c(C#N)c(N4CCC[C@@H](N)C4)n(-c4ccccc4)c3C2O)c1. The predicted octanol–water partition coefficient (Wildman–Crippen LogP) is 3.13. The molecule has 2 aromatic carbocycles. The zero-order valence-electron chi connectivity index (χ0n) is 20.0. The first-order valence-electron chi connectivity index (χ1n) is 11.9. The van der Waals surface area contributed by atoms with Crippen molar-refractivity contribution in [3.63, 3.8) is 0 Å². The summed E-state index contributed by atoms with van der Waals surface area (Å²) in [7, 11) is 1.55. The quantitative estimate of drug-likeness (QED) is 0.516. The van der Waals surface area contributed by atoms with Crippen molar-refractivity contribution < 1.29 is 14.6 Å². The van der Waals surface area contributed by atoms with Gasteiger partial charge in [0, 0.05) is 30.4 Å². The minimum Gasteiger partial charge on any atom is -0.497 e. The van der Waals surface area contributed by atoms with Gasteiger partial charge in [0.15, 0.2) is 12.0 Å². The molecule has 2 atom stereocenters. The smallest absolute Gasteiger partial charge is 0.182 e. The predicted molar refractivity (Wildman–Crippen MR) is 137 cm³/mol. The minimum absolute atomic E-state index is 0.00754. The number of aliphatic hydroxyl groups excluding tert-OH is 1. The van der Waals surface area contributed by atoms with E-state index in [9.17, 15) is 15.2 Å². The Kier molecular flexibility index (Phi) is 6.46. The summed E-state index contributed by atoms with van der Waals surface area (Å²) in [6, 6.07) is 18.8. The number of Topliss-reactive ketones (excluding diaryl/α,β-unsaturated/α-hetero) is 1. The number of nitrogens with zero attached hydrogens (tertiary/aromatic N) is 5. The molecule has 36 heavy (non-hydrogen) atoms. The molecular formula is C27H28N6O3. The molecule has 1 aromatic heterocycles. The molecule has 0 spiro atoms. The number of nitriles is 1. The number of hydrogen-bond acceptors (Lipinski definition) is 8. The van der Waals surface area contributed by atoms with Gasteiger partial charge in [-0.3, -0.25) is 9.36 Å². The van der Waals surface area contributed by atoms with Gasteiger partial charge in [-0.15, -0.1) is 0 Å². The molecule has 1 fully saturated rings. The molecule has 0 radical (unpaired) electrons. The molecule has 3 N–H and O–H groups in total. The molecule has 3 aromatic rings. The highest BCUT2D eigenvalue weighted by atomic mass is 16.5. The van der Waals surface area contributed by atoms with Crippen LogP contribution in [0, 0.1) is 11.3 Å². The summed E-state index contributed by atoms with van der Waals surface area (Å²) >= 11 is 0. The van der Waals surface area contributed by atoms with Crippen LogP contribution in [0.1, 0.15) is 40.7 Å². The molecule has 184 valence electrons. The molecule has 0 amide bonds. The Bertz CT molecular complexity index is 1340. The zero-order chi connectivity index (χ0) is 25.2. The summed E-state index contributed by atoms with van der Waals surface area (Å²) in [5, 5.41) is 21.7. The van der Waals surface area contributed by atoms with E-state index in [0.717, 1.165) is 25.1 Å². The average Bonchev–Trinajstić information content (AvgIpc) is 3.25. The van der Waals surface area contributed by atoms with Crippen molar-refractivity contribution in [2.75, 3.05) is 31.6 Å². The summed E-state index contributed by atoms with van der Waals surface area (Å²) in [5.74, 6) is 1.06. The second-order valence-electron chi connectivity index (χ2n) is 9.01. The Morgan fingerprint density at radius 1 is 1.25 bits per heavy atom. The van der Waals surface area contributed by atoms with E-state index in [-0.39, 0.29) is 18.4 Å². The summed E-state index contributed by atoms with van der Waals surface area (Å²) in [6.07, 6.45) is 2.08. The van der Waals surface area contributed by atoms with Gasteiger partial charge in [-0.1, -0.05) is 30.3 Å². The third-order valence-corrected chi connectivity index (χ3v) is 6.65. The fraction of sp³-hybridized carbons (Fsp3) is 0.296. The van der Waals surface area contributed by atoms with E-state index in [2.05, 4.69) is 16.0 Å². The van der Waals surface area contributed by atoms with Gasteiger partial charge in [-0.25, -0.2) is 4.99 Å². The van der Waals surface area contributed by atoms with E-state index in [0.29, 0.717) is 40.6 Å². The maximum Gasteiger partial charge on any atom is 0.182 e. The average molecular weight is 485 g/mol. The molecule has 1 saturated heterocycles. The van der Waals surface area contributed by atoms with Crippen LogP contribution in [0.15, 0.2) is 59.6 Å². The van der Waals surface area contributed by atoms with Crippen molar-refractivity contribution in [3.05, 3.63) is 71.4 Å². The minimum atomic E-state index is -1.19. The number of hydrogen-bond donors (Lipinski definition) is 2. The van der Waals surface area contributed by atoms with Crippen LogP contribution in [-0.4, -0.2) is 59.5 Å². The van der Waals surface area contributed by atoms with Crippen LogP contribution in [0.2, 0.25) is 0 Å². The highest BCUT2D eigenvalue weighted by Crippen LogP contribution is 2.44. The van der Waals surface area contributed by atoms with Crippen molar-refractivity contribution in [2.24, 2.45) is 10.7 Å². The lowest BCUT2D eigenvalue weighted by molar-refractivity contribution is 0.0458. The highest BCUT2D eigenvalue weighted by molar-refractivity contribution is 5.99. The van der Waals surface area contributed by atoms with E-state index in [4.69, 9.17) is 10.5 Å². The van der Waals surface area contributed by atoms with Crippen molar-refractivity contribution in [2.45, 2.75) is 25.1 Å². The highest BCUT2D eigenvalue weighted by Gasteiger charge is 2.36. The number of piperidine rings is 1. The molecule has 2 aliphatic rings. The maximum atomic E-state index is 13.1. The normalized spacial score (nSPS) is 19.1. The lowest BCUT2D eigenvalue weighted by Crippen LogP contribution is -2.44. The largest absolute Gasteiger partial charge is 0.497 e. The van der Waals surface area contributed by atoms with Gasteiger partial charge in [0.25, 0.3) is 0 Å². The summed E-state index contributed by atoms with van der Waals surface area (Å²) < 4.78 is 7.12. The molecule has 5 rings (SSSR count). The first-order chi connectivity index (χ1) is 17.5. The van der Waals surface area contributed by atoms with E-state index in [1.165, 1.54) is 11.2 Å². The van der Waals surface area contributed by atoms with Crippen LogP contribution in [0.4, 0.5) is 11.5 Å². The van der Waals surface area contributed by atoms with Crippen molar-refractivity contribution in [1.82, 2.24) is 9.47 Å². The molecule has 2 aliphatic heterocycles. The number of aliphatic hydroxyl groups is 1. The number of rotatable bonds is 6. The van der Waals surface area contributed by atoms with Gasteiger partial charge >= 0.3 is 0 Å². The summed E-state index contributed by atoms with van der Waals surface area (Å²) in [6.45, 7) is 1.25. The fourth-order valence-electron chi connectivity index (χ4n) is 4.91. The number of carbonyl (C=O) groups is 1. The number of aromatic nitrogens is 1. The molecule has 3 heterocycles. The monoisotopic (exact) mass is 484 g/mol. The zero-order valence-corrected chi connectivity index (χ0v) is 20.0. The van der Waals surface area contributed by atoms with Crippen LogP contribution < -0.4 is 15.4 Å². The topological polar surface area (TPSA) is 120 Å². The number of methoxy groups -OCH3 is 1. The van der Waals surface area contributed by atoms with Gasteiger partial charge in [0.05, 0.1) is 20.0 Å². The molecular weight excluding hydrogens is 456 g/mol. The Labute approximate surface area is 209 Å². The third kappa shape index (κ3) is 4.21. The van der Waals surface area contributed by atoms with E-state index in [1.807, 2.05) is 34.9 Å². The number of carbonyl (C=O) groups excluding carboxylic acids is 1. The first kappa shape index (κ1) is 23.6. The van der Waals surface area contributed by atoms with Crippen LogP contribution in [-0.2, 0) is 0 Å². The molecule has 0 saturated carbocycles. The number of ether oxygens (including phenoxy) is 1. The molecule has 0 bridgehead atoms. The van der Waals surface area contributed by atoms with Crippen LogP contribution in [0.25, 0.3) is 5.69 Å². The van der Waals surface area contributed by atoms with Crippen LogP contribution >= 0.6 is 0 Å². The van der Waals surface area contributed by atoms with Gasteiger partial charge in [-0.2, -0.15) is 5.26 Å². The van der Waals surface area contributed by atoms with Crippen LogP contribution in [0.3, 0.4) is 0 Å². The van der Waals surface area contributed by atoms with E-state index in [1.54, 1.807) is 31.4 Å². The van der Waals surface area contributed by atoms with Crippen molar-refractivity contribution >= 4 is 23.6 Å². The molecule has 1 unspecified atom stereocenters. The van der Waals surface area contributed by atoms with Crippen LogP contribution in [0.5, 0.6) is 5.75 Å². The van der Waals surface area contributed by atoms with Gasteiger partial charge in [0.1, 0.15) is 34.6 Å². The number of para-hydroxylation sites is 1. The van der Waals surface area contributed by atoms with E-state index < -0.39 is 6.23 Å². The van der Waals surface area contributed by atoms with Gasteiger partial charge in [0.2, 0.25) is 0 Å². The number of benzene rings is 2. The maximum absolute atomic E-state index is 13.1. The Morgan fingerprint density at radius 3 is 2.78 bits per heavy atom. The third-order valence-electron chi connectivity index (χ3n) is 6.65. The molecule has 9 nitrogen and oxygen atoms in total. The second-order valence-corrected chi connectivity index (χ2v) is 9.01.